The van der Waals surface area contributed by atoms with Crippen LogP contribution in [0, 0.1) is 13.8 Å². The fourth-order valence-corrected chi connectivity index (χ4v) is 2.41. The van der Waals surface area contributed by atoms with Crippen molar-refractivity contribution in [2.75, 3.05) is 0 Å². The molecule has 3 aromatic rings. The van der Waals surface area contributed by atoms with E-state index in [1.165, 1.54) is 0 Å². The second kappa shape index (κ2) is 20.7. The predicted molar refractivity (Wildman–Crippen MR) is 104 cm³/mol. The average molecular weight is 861 g/mol. The Hall–Kier alpha value is 0.105. The van der Waals surface area contributed by atoms with Crippen LogP contribution in [0.1, 0.15) is 22.5 Å². The van der Waals surface area contributed by atoms with Crippen LogP contribution in [0.25, 0.3) is 0 Å². The summed E-state index contributed by atoms with van der Waals surface area (Å²) in [5, 5.41) is 0. The van der Waals surface area contributed by atoms with Crippen molar-refractivity contribution >= 4 is 23.8 Å². The topological polar surface area (TPSA) is 50.5 Å². The van der Waals surface area contributed by atoms with Crippen molar-refractivity contribution in [3.05, 3.63) is 83.4 Å². The number of pyridine rings is 2. The molecule has 0 aliphatic carbocycles. The maximum atomic E-state index is 4.59. The van der Waals surface area contributed by atoms with Crippen LogP contribution in [0.15, 0.2) is 70.9 Å². The van der Waals surface area contributed by atoms with E-state index >= 15 is 0 Å². The maximum absolute atomic E-state index is 4.59. The van der Waals surface area contributed by atoms with Gasteiger partial charge in [0.2, 0.25) is 0 Å². The molecule has 4 nitrogen and oxygen atoms in total. The summed E-state index contributed by atoms with van der Waals surface area (Å²) in [5.41, 5.74) is 5.94. The van der Waals surface area contributed by atoms with Gasteiger partial charge in [-0.15, -0.1) is 0 Å². The Morgan fingerprint density at radius 1 is 0.742 bits per heavy atom. The molecule has 0 N–H and O–H groups in total. The molecule has 1 aromatic carbocycles. The van der Waals surface area contributed by atoms with Gasteiger partial charge < -0.3 is 67.9 Å². The minimum Gasteiger partial charge on any atom is -1.00 e. The van der Waals surface area contributed by atoms with Crippen molar-refractivity contribution in [2.24, 2.45) is 9.98 Å². The quantitative estimate of drug-likeness (QED) is 0.190. The van der Waals surface area contributed by atoms with Crippen molar-refractivity contribution in [3.63, 3.8) is 0 Å². The van der Waals surface area contributed by atoms with Crippen LogP contribution in [-0.4, -0.2) is 22.4 Å². The molecule has 3 rings (SSSR count). The van der Waals surface area contributed by atoms with Crippen molar-refractivity contribution in [1.29, 1.82) is 0 Å². The number of aromatic nitrogens is 2. The van der Waals surface area contributed by atoms with Crippen LogP contribution in [-0.2, 0) is 47.3 Å². The summed E-state index contributed by atoms with van der Waals surface area (Å²) >= 11 is 0. The monoisotopic (exact) mass is 856 g/mol. The molecule has 10 heteroatoms. The standard InChI is InChI=1S/C21H20N4.4BrH.2Pd/c1-16-14-21(25-15-19-8-4-6-11-23-19)17(2)13-20(16)24-12-9-18-7-3-5-10-22-18;;;;;;/h3-8,10-15H,9H2,1-2H3;4*1H;;/q;;;;;2*+2/p-4. The van der Waals surface area contributed by atoms with Crippen LogP contribution in [0.4, 0.5) is 11.4 Å². The van der Waals surface area contributed by atoms with Crippen LogP contribution in [0.3, 0.4) is 0 Å². The number of nitrogens with zero attached hydrogens (tertiary/aromatic N) is 4. The van der Waals surface area contributed by atoms with E-state index in [2.05, 4.69) is 32.1 Å². The molecular weight excluding hydrogens is 841 g/mol. The van der Waals surface area contributed by atoms with E-state index in [1.807, 2.05) is 56.5 Å². The molecule has 0 unspecified atom stereocenters. The molecule has 0 amide bonds. The van der Waals surface area contributed by atoms with Crippen molar-refractivity contribution in [2.45, 2.75) is 20.3 Å². The first-order valence-corrected chi connectivity index (χ1v) is 8.21. The minimum absolute atomic E-state index is 0. The summed E-state index contributed by atoms with van der Waals surface area (Å²) < 4.78 is 0. The number of aryl methyl sites for hydroxylation is 2. The van der Waals surface area contributed by atoms with Crippen LogP contribution in [0.5, 0.6) is 0 Å². The molecule has 31 heavy (non-hydrogen) atoms. The van der Waals surface area contributed by atoms with E-state index in [0.717, 1.165) is 40.3 Å². The fourth-order valence-electron chi connectivity index (χ4n) is 2.41. The Morgan fingerprint density at radius 3 is 1.81 bits per heavy atom. The van der Waals surface area contributed by atoms with Gasteiger partial charge in [0.25, 0.3) is 0 Å². The van der Waals surface area contributed by atoms with E-state index in [9.17, 15) is 0 Å². The normalized spacial score (nSPS) is 9.23. The SMILES string of the molecule is Cc1cc(N=Cc2ccccn2)c(C)cc1N=CCc1ccccn1.[Br-].[Br-].[Br-].[Br-].[Pd+2].[Pd+2]. The first kappa shape index (κ1) is 38.4. The van der Waals surface area contributed by atoms with Gasteiger partial charge in [-0.3, -0.25) is 20.0 Å². The summed E-state index contributed by atoms with van der Waals surface area (Å²) in [7, 11) is 0. The molecule has 2 heterocycles. The molecule has 0 fully saturated rings. The van der Waals surface area contributed by atoms with Crippen molar-refractivity contribution in [1.82, 2.24) is 9.97 Å². The Balaban J connectivity index is -0.000000607. The minimum atomic E-state index is 0. The van der Waals surface area contributed by atoms with Crippen molar-refractivity contribution in [3.8, 4) is 0 Å². The number of rotatable bonds is 5. The van der Waals surface area contributed by atoms with Gasteiger partial charge in [0.1, 0.15) is 0 Å². The summed E-state index contributed by atoms with van der Waals surface area (Å²) in [5.74, 6) is 0. The number of hydrogen-bond acceptors (Lipinski definition) is 4. The maximum Gasteiger partial charge on any atom is 2.00 e. The fraction of sp³-hybridized carbons (Fsp3) is 0.143. The van der Waals surface area contributed by atoms with Crippen LogP contribution >= 0.6 is 0 Å². The molecule has 0 spiro atoms. The van der Waals surface area contributed by atoms with Crippen molar-refractivity contribution < 1.29 is 109 Å². The molecule has 2 aromatic heterocycles. The molecule has 0 radical (unpaired) electrons. The van der Waals surface area contributed by atoms with Gasteiger partial charge in [-0.2, -0.15) is 0 Å². The number of benzene rings is 1. The first-order chi connectivity index (χ1) is 12.2. The number of aliphatic imine (C=N–C) groups is 2. The average Bonchev–Trinajstić information content (AvgIpc) is 2.65. The van der Waals surface area contributed by atoms with E-state index < -0.39 is 0 Å². The second-order valence-electron chi connectivity index (χ2n) is 5.77. The molecule has 0 bridgehead atoms. The number of hydrogen-bond donors (Lipinski definition) is 0. The summed E-state index contributed by atoms with van der Waals surface area (Å²) in [6.45, 7) is 4.09. The molecule has 0 aliphatic heterocycles. The number of halogens is 4. The van der Waals surface area contributed by atoms with Gasteiger partial charge >= 0.3 is 40.8 Å². The summed E-state index contributed by atoms with van der Waals surface area (Å²) in [4.78, 5) is 17.7. The molecule has 0 atom stereocenters. The molecule has 0 saturated heterocycles. The molecular formula is C21H20Br4N4Pd2. The summed E-state index contributed by atoms with van der Waals surface area (Å²) in [6, 6.07) is 15.8. The van der Waals surface area contributed by atoms with Gasteiger partial charge in [-0.05, 0) is 61.4 Å². The largest absolute Gasteiger partial charge is 2.00 e. The van der Waals surface area contributed by atoms with Gasteiger partial charge in [-0.25, -0.2) is 0 Å². The van der Waals surface area contributed by atoms with E-state index in [4.69, 9.17) is 0 Å². The Morgan fingerprint density at radius 2 is 1.29 bits per heavy atom. The van der Waals surface area contributed by atoms with Gasteiger partial charge in [-0.1, -0.05) is 12.1 Å². The first-order valence-electron chi connectivity index (χ1n) is 8.21. The third-order valence-electron chi connectivity index (χ3n) is 3.80. The van der Waals surface area contributed by atoms with E-state index in [0.29, 0.717) is 0 Å². The third-order valence-corrected chi connectivity index (χ3v) is 3.80. The zero-order valence-electron chi connectivity index (χ0n) is 16.6. The van der Waals surface area contributed by atoms with Gasteiger partial charge in [0, 0.05) is 30.7 Å². The third kappa shape index (κ3) is 12.8. The van der Waals surface area contributed by atoms with E-state index in [-0.39, 0.29) is 109 Å². The molecule has 172 valence electrons. The Labute approximate surface area is 253 Å². The Bertz CT molecular complexity index is 912. The van der Waals surface area contributed by atoms with Gasteiger partial charge in [0.05, 0.1) is 23.3 Å². The zero-order chi connectivity index (χ0) is 17.5. The summed E-state index contributed by atoms with van der Waals surface area (Å²) in [6.07, 6.45) is 7.97. The predicted octanol–water partition coefficient (Wildman–Crippen LogP) is -7.20. The molecule has 0 saturated carbocycles. The van der Waals surface area contributed by atoms with Crippen LogP contribution in [0.2, 0.25) is 0 Å². The molecule has 0 aliphatic rings. The smallest absolute Gasteiger partial charge is 1.00 e. The van der Waals surface area contributed by atoms with Crippen LogP contribution < -0.4 is 67.9 Å². The van der Waals surface area contributed by atoms with E-state index in [1.54, 1.807) is 18.6 Å². The second-order valence-corrected chi connectivity index (χ2v) is 5.77. The zero-order valence-corrected chi connectivity index (χ0v) is 26.0. The van der Waals surface area contributed by atoms with Gasteiger partial charge in [0.15, 0.2) is 0 Å². The Kier molecular flexibility index (Phi) is 25.6.